The lowest BCUT2D eigenvalue weighted by Crippen LogP contribution is -2.20. The van der Waals surface area contributed by atoms with Crippen LogP contribution in [0.1, 0.15) is 36.1 Å². The van der Waals surface area contributed by atoms with Crippen molar-refractivity contribution < 1.29 is 4.79 Å². The maximum absolute atomic E-state index is 12.6. The number of thiophene rings is 1. The van der Waals surface area contributed by atoms with Crippen molar-refractivity contribution in [3.05, 3.63) is 20.8 Å². The van der Waals surface area contributed by atoms with Crippen LogP contribution in [0.2, 0.25) is 0 Å². The van der Waals surface area contributed by atoms with E-state index in [0.29, 0.717) is 6.42 Å². The molecule has 0 fully saturated rings. The fourth-order valence-electron chi connectivity index (χ4n) is 2.80. The van der Waals surface area contributed by atoms with Gasteiger partial charge < -0.3 is 5.73 Å². The van der Waals surface area contributed by atoms with Crippen LogP contribution in [-0.4, -0.2) is 21.2 Å². The van der Waals surface area contributed by atoms with Crippen LogP contribution in [0.4, 0.5) is 0 Å². The number of primary amides is 1. The van der Waals surface area contributed by atoms with Gasteiger partial charge in [0.2, 0.25) is 5.91 Å². The van der Waals surface area contributed by atoms with E-state index in [1.54, 1.807) is 34.7 Å². The number of nitrogens with zero attached hydrogens (tertiary/aromatic N) is 2. The second-order valence-electron chi connectivity index (χ2n) is 5.57. The lowest BCUT2D eigenvalue weighted by Gasteiger charge is -2.07. The Bertz CT molecular complexity index is 779. The summed E-state index contributed by atoms with van der Waals surface area (Å²) in [7, 11) is 1.79. The van der Waals surface area contributed by atoms with E-state index in [1.807, 2.05) is 0 Å². The normalized spacial score (nSPS) is 13.7. The Morgan fingerprint density at radius 3 is 3.00 bits per heavy atom. The van der Waals surface area contributed by atoms with Crippen molar-refractivity contribution in [2.24, 2.45) is 12.8 Å². The summed E-state index contributed by atoms with van der Waals surface area (Å²) in [6.07, 6.45) is 5.33. The monoisotopic (exact) mass is 337 g/mol. The molecule has 1 amide bonds. The molecule has 7 heteroatoms. The summed E-state index contributed by atoms with van der Waals surface area (Å²) in [4.78, 5) is 30.2. The number of fused-ring (bicyclic) bond motifs is 3. The third kappa shape index (κ3) is 2.92. The van der Waals surface area contributed by atoms with Gasteiger partial charge in [0.1, 0.15) is 4.83 Å². The molecule has 2 aromatic rings. The highest BCUT2D eigenvalue weighted by atomic mass is 32.2. The van der Waals surface area contributed by atoms with Gasteiger partial charge in [-0.15, -0.1) is 11.3 Å². The summed E-state index contributed by atoms with van der Waals surface area (Å²) in [5.41, 5.74) is 6.43. The molecule has 2 heterocycles. The molecule has 5 nitrogen and oxygen atoms in total. The maximum atomic E-state index is 12.6. The van der Waals surface area contributed by atoms with Gasteiger partial charge in [-0.3, -0.25) is 14.2 Å². The van der Waals surface area contributed by atoms with Crippen LogP contribution in [0, 0.1) is 0 Å². The van der Waals surface area contributed by atoms with Gasteiger partial charge in [-0.05, 0) is 37.7 Å². The summed E-state index contributed by atoms with van der Waals surface area (Å²) >= 11 is 3.25. The van der Waals surface area contributed by atoms with Crippen molar-refractivity contribution in [3.63, 3.8) is 0 Å². The topological polar surface area (TPSA) is 78.0 Å². The van der Waals surface area contributed by atoms with Crippen LogP contribution in [0.15, 0.2) is 9.95 Å². The number of carbonyl (C=O) groups is 1. The molecule has 0 unspecified atom stereocenters. The van der Waals surface area contributed by atoms with Gasteiger partial charge in [-0.25, -0.2) is 4.98 Å². The predicted octanol–water partition coefficient (Wildman–Crippen LogP) is 2.23. The first-order valence-corrected chi connectivity index (χ1v) is 9.30. The fourth-order valence-corrected chi connectivity index (χ4v) is 5.07. The van der Waals surface area contributed by atoms with E-state index in [1.165, 1.54) is 10.4 Å². The highest BCUT2D eigenvalue weighted by Crippen LogP contribution is 2.35. The standard InChI is InChI=1S/C15H19N3O2S2/c1-18-14(20)12-9-5-4-6-10(9)22-13(12)17-15(18)21-8-3-2-7-11(16)19/h2-8H2,1H3,(H2,16,19). The number of aryl methyl sites for hydroxylation is 2. The van der Waals surface area contributed by atoms with Gasteiger partial charge >= 0.3 is 0 Å². The van der Waals surface area contributed by atoms with Crippen LogP contribution >= 0.6 is 23.1 Å². The number of rotatable bonds is 6. The molecular formula is C15H19N3O2S2. The van der Waals surface area contributed by atoms with Crippen molar-refractivity contribution in [2.75, 3.05) is 5.75 Å². The first-order chi connectivity index (χ1) is 10.6. The van der Waals surface area contributed by atoms with Crippen LogP contribution in [0.5, 0.6) is 0 Å². The SMILES string of the molecule is Cn1c(SCCCCC(N)=O)nc2sc3c(c2c1=O)CCC3. The van der Waals surface area contributed by atoms with Gasteiger partial charge in [0.15, 0.2) is 5.16 Å². The third-order valence-electron chi connectivity index (χ3n) is 3.95. The zero-order valence-corrected chi connectivity index (χ0v) is 14.2. The lowest BCUT2D eigenvalue weighted by molar-refractivity contribution is -0.118. The van der Waals surface area contributed by atoms with E-state index in [-0.39, 0.29) is 11.5 Å². The second-order valence-corrected chi connectivity index (χ2v) is 7.71. The summed E-state index contributed by atoms with van der Waals surface area (Å²) in [6, 6.07) is 0. The van der Waals surface area contributed by atoms with Crippen LogP contribution in [0.3, 0.4) is 0 Å². The van der Waals surface area contributed by atoms with Crippen LogP contribution in [0.25, 0.3) is 10.2 Å². The van der Waals surface area contributed by atoms with Crippen molar-refractivity contribution in [3.8, 4) is 0 Å². The van der Waals surface area contributed by atoms with Gasteiger partial charge in [0.25, 0.3) is 5.56 Å². The summed E-state index contributed by atoms with van der Waals surface area (Å²) < 4.78 is 1.66. The van der Waals surface area contributed by atoms with Crippen molar-refractivity contribution in [1.29, 1.82) is 0 Å². The van der Waals surface area contributed by atoms with Gasteiger partial charge in [-0.2, -0.15) is 0 Å². The Kier molecular flexibility index (Phi) is 4.54. The molecule has 2 N–H and O–H groups in total. The summed E-state index contributed by atoms with van der Waals surface area (Å²) in [5.74, 6) is 0.578. The molecule has 0 aromatic carbocycles. The zero-order valence-electron chi connectivity index (χ0n) is 12.6. The Hall–Kier alpha value is -1.34. The molecule has 1 aliphatic rings. The first kappa shape index (κ1) is 15.6. The van der Waals surface area contributed by atoms with E-state index in [2.05, 4.69) is 4.98 Å². The number of amides is 1. The highest BCUT2D eigenvalue weighted by Gasteiger charge is 2.22. The number of hydrogen-bond donors (Lipinski definition) is 1. The molecule has 2 aromatic heterocycles. The molecule has 0 saturated carbocycles. The molecular weight excluding hydrogens is 318 g/mol. The molecule has 0 radical (unpaired) electrons. The smallest absolute Gasteiger partial charge is 0.262 e. The molecule has 22 heavy (non-hydrogen) atoms. The average molecular weight is 337 g/mol. The van der Waals surface area contributed by atoms with Crippen LogP contribution in [-0.2, 0) is 24.7 Å². The minimum Gasteiger partial charge on any atom is -0.370 e. The molecule has 3 rings (SSSR count). The number of aromatic nitrogens is 2. The van der Waals surface area contributed by atoms with Gasteiger partial charge in [0, 0.05) is 24.1 Å². The molecule has 0 atom stereocenters. The Balaban J connectivity index is 1.78. The fraction of sp³-hybridized carbons (Fsp3) is 0.533. The molecule has 118 valence electrons. The largest absolute Gasteiger partial charge is 0.370 e. The lowest BCUT2D eigenvalue weighted by atomic mass is 10.2. The zero-order chi connectivity index (χ0) is 15.7. The summed E-state index contributed by atoms with van der Waals surface area (Å²) in [6.45, 7) is 0. The number of hydrogen-bond acceptors (Lipinski definition) is 5. The molecule has 0 saturated heterocycles. The minimum absolute atomic E-state index is 0.0732. The van der Waals surface area contributed by atoms with Crippen LogP contribution < -0.4 is 11.3 Å². The van der Waals surface area contributed by atoms with E-state index in [9.17, 15) is 9.59 Å². The van der Waals surface area contributed by atoms with Crippen molar-refractivity contribution in [1.82, 2.24) is 9.55 Å². The number of unbranched alkanes of at least 4 members (excludes halogenated alkanes) is 1. The number of thioether (sulfide) groups is 1. The first-order valence-electron chi connectivity index (χ1n) is 7.50. The molecule has 1 aliphatic carbocycles. The Morgan fingerprint density at radius 1 is 1.41 bits per heavy atom. The molecule has 0 bridgehead atoms. The van der Waals surface area contributed by atoms with E-state index >= 15 is 0 Å². The maximum Gasteiger partial charge on any atom is 0.262 e. The van der Waals surface area contributed by atoms with Gasteiger partial charge in [-0.1, -0.05) is 11.8 Å². The average Bonchev–Trinajstić information content (AvgIpc) is 3.03. The van der Waals surface area contributed by atoms with E-state index in [4.69, 9.17) is 5.73 Å². The summed E-state index contributed by atoms with van der Waals surface area (Å²) in [5, 5.41) is 1.59. The predicted molar refractivity (Wildman–Crippen MR) is 90.7 cm³/mol. The quantitative estimate of drug-likeness (QED) is 0.498. The highest BCUT2D eigenvalue weighted by molar-refractivity contribution is 7.99. The van der Waals surface area contributed by atoms with Crippen molar-refractivity contribution >= 4 is 39.2 Å². The van der Waals surface area contributed by atoms with Crippen molar-refractivity contribution in [2.45, 2.75) is 43.7 Å². The Labute approximate surface area is 136 Å². The van der Waals surface area contributed by atoms with E-state index < -0.39 is 0 Å². The number of carbonyl (C=O) groups excluding carboxylic acids is 1. The minimum atomic E-state index is -0.259. The third-order valence-corrected chi connectivity index (χ3v) is 6.26. The van der Waals surface area contributed by atoms with Gasteiger partial charge in [0.05, 0.1) is 5.39 Å². The number of nitrogens with two attached hydrogens (primary N) is 1. The van der Waals surface area contributed by atoms with E-state index in [0.717, 1.165) is 53.2 Å². The Morgan fingerprint density at radius 2 is 2.23 bits per heavy atom. The molecule has 0 aliphatic heterocycles. The second kappa shape index (κ2) is 6.42. The molecule has 0 spiro atoms.